The number of nitrogens with one attached hydrogen (secondary N) is 1. The van der Waals surface area contributed by atoms with Crippen molar-refractivity contribution in [3.63, 3.8) is 0 Å². The number of carbonyl (C=O) groups excluding carboxylic acids is 2. The number of amides is 1. The summed E-state index contributed by atoms with van der Waals surface area (Å²) in [5.41, 5.74) is 0.537. The third-order valence-electron chi connectivity index (χ3n) is 5.83. The number of H-pyrrole nitrogens is 1. The molecule has 4 heterocycles. The number of piperazine rings is 1. The lowest BCUT2D eigenvalue weighted by Crippen LogP contribution is -2.49. The fourth-order valence-corrected chi connectivity index (χ4v) is 5.27. The first kappa shape index (κ1) is 20.2. The molecule has 2 saturated heterocycles. The summed E-state index contributed by atoms with van der Waals surface area (Å²) in [5, 5.41) is 0.522. The number of hydrogen-bond donors (Lipinski definition) is 1. The van der Waals surface area contributed by atoms with Crippen LogP contribution in [0.2, 0.25) is 0 Å². The molecule has 4 rings (SSSR count). The molecule has 2 aromatic heterocycles. The van der Waals surface area contributed by atoms with E-state index in [0.717, 1.165) is 52.1 Å². The average Bonchev–Trinajstić information content (AvgIpc) is 3.32. The summed E-state index contributed by atoms with van der Waals surface area (Å²) in [6, 6.07) is 0. The van der Waals surface area contributed by atoms with Crippen molar-refractivity contribution < 1.29 is 9.59 Å². The van der Waals surface area contributed by atoms with Crippen LogP contribution in [-0.2, 0) is 11.3 Å². The molecule has 156 valence electrons. The van der Waals surface area contributed by atoms with Gasteiger partial charge < -0.3 is 9.88 Å². The number of likely N-dealkylation sites (tertiary alicyclic amines) is 1. The predicted molar refractivity (Wildman–Crippen MR) is 113 cm³/mol. The third kappa shape index (κ3) is 4.26. The highest BCUT2D eigenvalue weighted by Gasteiger charge is 2.24. The highest BCUT2D eigenvalue weighted by molar-refractivity contribution is 7.20. The van der Waals surface area contributed by atoms with Gasteiger partial charge in [-0.05, 0) is 32.3 Å². The van der Waals surface area contributed by atoms with Crippen molar-refractivity contribution in [1.82, 2.24) is 24.7 Å². The van der Waals surface area contributed by atoms with Crippen LogP contribution in [0.25, 0.3) is 10.2 Å². The minimum absolute atomic E-state index is 0.0361. The number of aromatic amines is 1. The normalized spacial score (nSPS) is 18.6. The van der Waals surface area contributed by atoms with Gasteiger partial charge >= 0.3 is 0 Å². The molecule has 29 heavy (non-hydrogen) atoms. The summed E-state index contributed by atoms with van der Waals surface area (Å²) in [4.78, 5) is 51.8. The van der Waals surface area contributed by atoms with E-state index in [1.807, 2.05) is 4.90 Å². The van der Waals surface area contributed by atoms with Crippen molar-refractivity contribution in [3.05, 3.63) is 26.6 Å². The standard InChI is InChI=1S/C20H27N5O3S/c1-13-17-19(28)21-15(22-20(17)29-18(13)14(2)26)11-23-7-9-24(10-8-23)12-16(27)25-5-3-4-6-25/h3-12H2,1-2H3,(H,21,22,28). The molecule has 0 spiro atoms. The molecule has 2 aliphatic rings. The van der Waals surface area contributed by atoms with E-state index in [1.54, 1.807) is 6.92 Å². The SMILES string of the molecule is CC(=O)c1sc2nc(CN3CCN(CC(=O)N4CCCC4)CC3)[nH]c(=O)c2c1C. The molecular formula is C20H27N5O3S. The summed E-state index contributed by atoms with van der Waals surface area (Å²) < 4.78 is 0. The Morgan fingerprint density at radius 2 is 1.72 bits per heavy atom. The Labute approximate surface area is 173 Å². The molecule has 9 heteroatoms. The lowest BCUT2D eigenvalue weighted by Gasteiger charge is -2.34. The summed E-state index contributed by atoms with van der Waals surface area (Å²) in [5.74, 6) is 0.827. The van der Waals surface area contributed by atoms with Crippen molar-refractivity contribution in [1.29, 1.82) is 0 Å². The zero-order valence-corrected chi connectivity index (χ0v) is 17.8. The van der Waals surface area contributed by atoms with E-state index >= 15 is 0 Å². The first-order valence-corrected chi connectivity index (χ1v) is 11.0. The second-order valence-corrected chi connectivity index (χ2v) is 8.94. The zero-order chi connectivity index (χ0) is 20.5. The predicted octanol–water partition coefficient (Wildman–Crippen LogP) is 1.24. The number of Topliss-reactive ketones (excluding diaryl/α,β-unsaturated/α-hetero) is 1. The van der Waals surface area contributed by atoms with Crippen molar-refractivity contribution in [3.8, 4) is 0 Å². The fourth-order valence-electron chi connectivity index (χ4n) is 4.17. The van der Waals surface area contributed by atoms with Crippen molar-refractivity contribution in [2.75, 3.05) is 45.8 Å². The van der Waals surface area contributed by atoms with Gasteiger partial charge in [-0.2, -0.15) is 0 Å². The van der Waals surface area contributed by atoms with Crippen molar-refractivity contribution >= 4 is 33.2 Å². The van der Waals surface area contributed by atoms with Gasteiger partial charge in [-0.15, -0.1) is 11.3 Å². The lowest BCUT2D eigenvalue weighted by atomic mass is 10.2. The van der Waals surface area contributed by atoms with Crippen LogP contribution < -0.4 is 5.56 Å². The van der Waals surface area contributed by atoms with E-state index in [2.05, 4.69) is 19.8 Å². The van der Waals surface area contributed by atoms with Crippen molar-refractivity contribution in [2.24, 2.45) is 0 Å². The number of fused-ring (bicyclic) bond motifs is 1. The van der Waals surface area contributed by atoms with Gasteiger partial charge in [0.05, 0.1) is 23.4 Å². The van der Waals surface area contributed by atoms with E-state index in [0.29, 0.717) is 39.6 Å². The Bertz CT molecular complexity index is 984. The van der Waals surface area contributed by atoms with Gasteiger partial charge in [-0.1, -0.05) is 0 Å². The Morgan fingerprint density at radius 1 is 1.07 bits per heavy atom. The summed E-state index contributed by atoms with van der Waals surface area (Å²) in [6.45, 7) is 9.49. The van der Waals surface area contributed by atoms with E-state index in [-0.39, 0.29) is 17.2 Å². The Balaban J connectivity index is 1.38. The van der Waals surface area contributed by atoms with Crippen LogP contribution in [0, 0.1) is 6.92 Å². The molecule has 0 saturated carbocycles. The van der Waals surface area contributed by atoms with Crippen LogP contribution in [-0.4, -0.2) is 82.2 Å². The van der Waals surface area contributed by atoms with Gasteiger partial charge in [0.2, 0.25) is 5.91 Å². The van der Waals surface area contributed by atoms with Crippen LogP contribution in [0.3, 0.4) is 0 Å². The molecule has 2 fully saturated rings. The molecular weight excluding hydrogens is 390 g/mol. The van der Waals surface area contributed by atoms with E-state index < -0.39 is 0 Å². The maximum atomic E-state index is 12.5. The molecule has 2 aromatic rings. The third-order valence-corrected chi connectivity index (χ3v) is 7.11. The van der Waals surface area contributed by atoms with Gasteiger partial charge in [0.1, 0.15) is 10.7 Å². The van der Waals surface area contributed by atoms with Gasteiger partial charge in [0.15, 0.2) is 5.78 Å². The van der Waals surface area contributed by atoms with Crippen molar-refractivity contribution in [2.45, 2.75) is 33.2 Å². The molecule has 0 bridgehead atoms. The highest BCUT2D eigenvalue weighted by Crippen LogP contribution is 2.27. The number of nitrogens with zero attached hydrogens (tertiary/aromatic N) is 4. The van der Waals surface area contributed by atoms with Gasteiger partial charge in [0.25, 0.3) is 5.56 Å². The molecule has 0 radical (unpaired) electrons. The number of aryl methyl sites for hydroxylation is 1. The van der Waals surface area contributed by atoms with Crippen LogP contribution >= 0.6 is 11.3 Å². The maximum Gasteiger partial charge on any atom is 0.259 e. The van der Waals surface area contributed by atoms with Crippen LogP contribution in [0.1, 0.15) is 40.8 Å². The molecule has 1 N–H and O–H groups in total. The van der Waals surface area contributed by atoms with Crippen LogP contribution in [0.5, 0.6) is 0 Å². The largest absolute Gasteiger partial charge is 0.342 e. The molecule has 0 aliphatic carbocycles. The maximum absolute atomic E-state index is 12.5. The van der Waals surface area contributed by atoms with Crippen LogP contribution in [0.15, 0.2) is 4.79 Å². The minimum atomic E-state index is -0.180. The number of carbonyl (C=O) groups is 2. The molecule has 8 nitrogen and oxygen atoms in total. The van der Waals surface area contributed by atoms with Gasteiger partial charge in [-0.25, -0.2) is 4.98 Å². The number of hydrogen-bond acceptors (Lipinski definition) is 7. The summed E-state index contributed by atoms with van der Waals surface area (Å²) >= 11 is 1.29. The fraction of sp³-hybridized carbons (Fsp3) is 0.600. The summed E-state index contributed by atoms with van der Waals surface area (Å²) in [6.07, 6.45) is 2.24. The number of aromatic nitrogens is 2. The van der Waals surface area contributed by atoms with Gasteiger partial charge in [0, 0.05) is 39.3 Å². The van der Waals surface area contributed by atoms with Crippen LogP contribution in [0.4, 0.5) is 0 Å². The molecule has 0 unspecified atom stereocenters. The minimum Gasteiger partial charge on any atom is -0.342 e. The Hall–Kier alpha value is -2.10. The lowest BCUT2D eigenvalue weighted by molar-refractivity contribution is -0.131. The Morgan fingerprint density at radius 3 is 2.38 bits per heavy atom. The zero-order valence-electron chi connectivity index (χ0n) is 17.0. The first-order valence-electron chi connectivity index (χ1n) is 10.2. The first-order chi connectivity index (χ1) is 13.9. The monoisotopic (exact) mass is 417 g/mol. The highest BCUT2D eigenvalue weighted by atomic mass is 32.1. The number of thiophene rings is 1. The van der Waals surface area contributed by atoms with E-state index in [9.17, 15) is 14.4 Å². The smallest absolute Gasteiger partial charge is 0.259 e. The second kappa shape index (κ2) is 8.33. The molecule has 0 atom stereocenters. The number of rotatable bonds is 5. The topological polar surface area (TPSA) is 89.6 Å². The second-order valence-electron chi connectivity index (χ2n) is 7.95. The van der Waals surface area contributed by atoms with E-state index in [1.165, 1.54) is 18.3 Å². The molecule has 2 aliphatic heterocycles. The average molecular weight is 418 g/mol. The van der Waals surface area contributed by atoms with Gasteiger partial charge in [-0.3, -0.25) is 24.2 Å². The quantitative estimate of drug-likeness (QED) is 0.736. The molecule has 0 aromatic carbocycles. The summed E-state index contributed by atoms with van der Waals surface area (Å²) in [7, 11) is 0. The van der Waals surface area contributed by atoms with E-state index in [4.69, 9.17) is 0 Å². The number of ketones is 1. The molecule has 1 amide bonds. The Kier molecular flexibility index (Phi) is 5.80.